The van der Waals surface area contributed by atoms with E-state index in [0.717, 1.165) is 11.3 Å². The lowest BCUT2D eigenvalue weighted by Crippen LogP contribution is -2.01. The molecule has 2 rings (SSSR count). The minimum Gasteiger partial charge on any atom is -0.487 e. The summed E-state index contributed by atoms with van der Waals surface area (Å²) in [5.41, 5.74) is 2.46. The Kier molecular flexibility index (Phi) is 3.75. The Morgan fingerprint density at radius 2 is 2.05 bits per heavy atom. The van der Waals surface area contributed by atoms with Crippen LogP contribution in [0.15, 0.2) is 36.5 Å². The van der Waals surface area contributed by atoms with Gasteiger partial charge in [0.15, 0.2) is 0 Å². The van der Waals surface area contributed by atoms with Crippen LogP contribution in [0.5, 0.6) is 5.75 Å². The van der Waals surface area contributed by atoms with E-state index < -0.39 is 0 Å². The Morgan fingerprint density at radius 1 is 1.26 bits per heavy atom. The van der Waals surface area contributed by atoms with Gasteiger partial charge in [-0.25, -0.2) is 0 Å². The normalized spacial score (nSPS) is 10.2. The molecule has 0 amide bonds. The standard InChI is InChI=1S/C14H14N2O3/c1-10-6-7-13(8-15-10)19-9-12-4-3-5-14(11(12)2)16(17)18/h3-8H,9H2,1-2H3. The SMILES string of the molecule is Cc1ccc(OCc2cccc([N+](=O)[O-])c2C)cn1. The lowest BCUT2D eigenvalue weighted by molar-refractivity contribution is -0.385. The maximum absolute atomic E-state index is 10.8. The van der Waals surface area contributed by atoms with E-state index >= 15 is 0 Å². The fraction of sp³-hybridized carbons (Fsp3) is 0.214. The second kappa shape index (κ2) is 5.48. The molecule has 0 atom stereocenters. The zero-order valence-corrected chi connectivity index (χ0v) is 10.8. The zero-order chi connectivity index (χ0) is 13.8. The van der Waals surface area contributed by atoms with Gasteiger partial charge in [0.2, 0.25) is 0 Å². The van der Waals surface area contributed by atoms with Gasteiger partial charge < -0.3 is 4.74 Å². The summed E-state index contributed by atoms with van der Waals surface area (Å²) in [4.78, 5) is 14.6. The van der Waals surface area contributed by atoms with Crippen molar-refractivity contribution in [1.82, 2.24) is 4.98 Å². The summed E-state index contributed by atoms with van der Waals surface area (Å²) in [6.45, 7) is 3.91. The van der Waals surface area contributed by atoms with E-state index in [1.165, 1.54) is 6.07 Å². The van der Waals surface area contributed by atoms with Crippen LogP contribution in [0.4, 0.5) is 5.69 Å². The minimum absolute atomic E-state index is 0.114. The molecule has 5 nitrogen and oxygen atoms in total. The number of aryl methyl sites for hydroxylation is 1. The van der Waals surface area contributed by atoms with E-state index in [1.807, 2.05) is 25.1 Å². The van der Waals surface area contributed by atoms with Crippen LogP contribution in [0, 0.1) is 24.0 Å². The molecule has 0 saturated heterocycles. The van der Waals surface area contributed by atoms with Gasteiger partial charge >= 0.3 is 0 Å². The lowest BCUT2D eigenvalue weighted by Gasteiger charge is -2.08. The number of hydrogen-bond donors (Lipinski definition) is 0. The maximum Gasteiger partial charge on any atom is 0.272 e. The monoisotopic (exact) mass is 258 g/mol. The molecule has 2 aromatic rings. The third kappa shape index (κ3) is 3.07. The number of ether oxygens (including phenoxy) is 1. The molecule has 0 spiro atoms. The molecule has 5 heteroatoms. The lowest BCUT2D eigenvalue weighted by atomic mass is 10.1. The van der Waals surface area contributed by atoms with Gasteiger partial charge in [-0.15, -0.1) is 0 Å². The Labute approximate surface area is 111 Å². The first kappa shape index (κ1) is 13.0. The Bertz CT molecular complexity index is 594. The van der Waals surface area contributed by atoms with Gasteiger partial charge in [-0.05, 0) is 31.5 Å². The van der Waals surface area contributed by atoms with Gasteiger partial charge in [0.25, 0.3) is 5.69 Å². The highest BCUT2D eigenvalue weighted by atomic mass is 16.6. The molecule has 1 heterocycles. The number of nitrogens with zero attached hydrogens (tertiary/aromatic N) is 2. The predicted molar refractivity (Wildman–Crippen MR) is 71.1 cm³/mol. The molecule has 0 radical (unpaired) electrons. The molecule has 0 saturated carbocycles. The van der Waals surface area contributed by atoms with Crippen molar-refractivity contribution in [3.63, 3.8) is 0 Å². The van der Waals surface area contributed by atoms with Crippen LogP contribution in [0.3, 0.4) is 0 Å². The molecule has 0 aliphatic rings. The average Bonchev–Trinajstić information content (AvgIpc) is 2.39. The highest BCUT2D eigenvalue weighted by Gasteiger charge is 2.13. The molecule has 0 fully saturated rings. The van der Waals surface area contributed by atoms with Crippen LogP contribution in [-0.4, -0.2) is 9.91 Å². The Hall–Kier alpha value is -2.43. The second-order valence-corrected chi connectivity index (χ2v) is 4.24. The number of nitro groups is 1. The van der Waals surface area contributed by atoms with Crippen molar-refractivity contribution in [3.05, 3.63) is 63.5 Å². The van der Waals surface area contributed by atoms with E-state index in [1.54, 1.807) is 19.2 Å². The van der Waals surface area contributed by atoms with Gasteiger partial charge in [-0.2, -0.15) is 0 Å². The summed E-state index contributed by atoms with van der Waals surface area (Å²) < 4.78 is 5.58. The summed E-state index contributed by atoms with van der Waals surface area (Å²) in [6, 6.07) is 8.66. The average molecular weight is 258 g/mol. The molecular formula is C14H14N2O3. The first-order valence-corrected chi connectivity index (χ1v) is 5.86. The van der Waals surface area contributed by atoms with Crippen molar-refractivity contribution < 1.29 is 9.66 Å². The van der Waals surface area contributed by atoms with E-state index in [4.69, 9.17) is 4.74 Å². The van der Waals surface area contributed by atoms with E-state index in [2.05, 4.69) is 4.98 Å². The second-order valence-electron chi connectivity index (χ2n) is 4.24. The molecule has 19 heavy (non-hydrogen) atoms. The molecule has 0 aliphatic heterocycles. The molecule has 0 N–H and O–H groups in total. The number of benzene rings is 1. The predicted octanol–water partition coefficient (Wildman–Crippen LogP) is 3.19. The fourth-order valence-electron chi connectivity index (χ4n) is 1.72. The zero-order valence-electron chi connectivity index (χ0n) is 10.8. The quantitative estimate of drug-likeness (QED) is 0.624. The van der Waals surface area contributed by atoms with Crippen molar-refractivity contribution in [2.24, 2.45) is 0 Å². The van der Waals surface area contributed by atoms with Crippen LogP contribution in [0.2, 0.25) is 0 Å². The van der Waals surface area contributed by atoms with E-state index in [9.17, 15) is 10.1 Å². The van der Waals surface area contributed by atoms with Gasteiger partial charge in [-0.1, -0.05) is 12.1 Å². The highest BCUT2D eigenvalue weighted by Crippen LogP contribution is 2.22. The summed E-state index contributed by atoms with van der Waals surface area (Å²) >= 11 is 0. The summed E-state index contributed by atoms with van der Waals surface area (Å²) in [5, 5.41) is 10.8. The molecular weight excluding hydrogens is 244 g/mol. The van der Waals surface area contributed by atoms with Gasteiger partial charge in [0.05, 0.1) is 11.1 Å². The van der Waals surface area contributed by atoms with E-state index in [-0.39, 0.29) is 17.2 Å². The molecule has 1 aromatic heterocycles. The van der Waals surface area contributed by atoms with Crippen LogP contribution >= 0.6 is 0 Å². The van der Waals surface area contributed by atoms with Gasteiger partial charge in [0, 0.05) is 17.3 Å². The smallest absolute Gasteiger partial charge is 0.272 e. The molecule has 1 aromatic carbocycles. The molecule has 98 valence electrons. The number of rotatable bonds is 4. The first-order valence-electron chi connectivity index (χ1n) is 5.86. The summed E-state index contributed by atoms with van der Waals surface area (Å²) in [7, 11) is 0. The van der Waals surface area contributed by atoms with Crippen molar-refractivity contribution in [1.29, 1.82) is 0 Å². The number of aromatic nitrogens is 1. The van der Waals surface area contributed by atoms with Crippen molar-refractivity contribution in [2.45, 2.75) is 20.5 Å². The topological polar surface area (TPSA) is 65.3 Å². The first-order chi connectivity index (χ1) is 9.08. The van der Waals surface area contributed by atoms with Crippen molar-refractivity contribution in [3.8, 4) is 5.75 Å². The maximum atomic E-state index is 10.8. The van der Waals surface area contributed by atoms with E-state index in [0.29, 0.717) is 11.3 Å². The Morgan fingerprint density at radius 3 is 2.68 bits per heavy atom. The van der Waals surface area contributed by atoms with Crippen molar-refractivity contribution in [2.75, 3.05) is 0 Å². The van der Waals surface area contributed by atoms with Crippen LogP contribution in [0.1, 0.15) is 16.8 Å². The fourth-order valence-corrected chi connectivity index (χ4v) is 1.72. The third-order valence-corrected chi connectivity index (χ3v) is 2.89. The molecule has 0 aliphatic carbocycles. The summed E-state index contributed by atoms with van der Waals surface area (Å²) in [5.74, 6) is 0.650. The van der Waals surface area contributed by atoms with Crippen LogP contribution in [-0.2, 0) is 6.61 Å². The minimum atomic E-state index is -0.383. The van der Waals surface area contributed by atoms with Crippen molar-refractivity contribution >= 4 is 5.69 Å². The largest absolute Gasteiger partial charge is 0.487 e. The molecule has 0 unspecified atom stereocenters. The van der Waals surface area contributed by atoms with Crippen LogP contribution < -0.4 is 4.74 Å². The van der Waals surface area contributed by atoms with Gasteiger partial charge in [0.1, 0.15) is 12.4 Å². The summed E-state index contributed by atoms with van der Waals surface area (Å²) in [6.07, 6.45) is 1.64. The number of nitro benzene ring substituents is 1. The number of pyridine rings is 1. The third-order valence-electron chi connectivity index (χ3n) is 2.89. The van der Waals surface area contributed by atoms with Crippen LogP contribution in [0.25, 0.3) is 0 Å². The Balaban J connectivity index is 2.13. The highest BCUT2D eigenvalue weighted by molar-refractivity contribution is 5.44. The number of hydrogen-bond acceptors (Lipinski definition) is 4. The molecule has 0 bridgehead atoms. The van der Waals surface area contributed by atoms with Gasteiger partial charge in [-0.3, -0.25) is 15.1 Å².